The monoisotopic (exact) mass is 315 g/mol. The van der Waals surface area contributed by atoms with Gasteiger partial charge in [-0.1, -0.05) is 15.9 Å². The number of hydrogen-bond donors (Lipinski definition) is 2. The van der Waals surface area contributed by atoms with E-state index in [2.05, 4.69) is 26.6 Å². The van der Waals surface area contributed by atoms with Gasteiger partial charge in [0.2, 0.25) is 5.91 Å². The molecular formula is C11H14BrN3O3. The van der Waals surface area contributed by atoms with Crippen LogP contribution in [0.2, 0.25) is 0 Å². The van der Waals surface area contributed by atoms with Crippen LogP contribution in [0.15, 0.2) is 22.7 Å². The molecule has 18 heavy (non-hydrogen) atoms. The van der Waals surface area contributed by atoms with Gasteiger partial charge in [0, 0.05) is 30.2 Å². The van der Waals surface area contributed by atoms with Crippen LogP contribution in [0.25, 0.3) is 0 Å². The fourth-order valence-corrected chi connectivity index (χ4v) is 1.87. The maximum absolute atomic E-state index is 11.3. The van der Waals surface area contributed by atoms with Gasteiger partial charge < -0.3 is 10.6 Å². The Hall–Kier alpha value is -1.47. The number of benzene rings is 1. The second-order valence-electron chi connectivity index (χ2n) is 3.75. The minimum Gasteiger partial charge on any atom is -0.358 e. The molecule has 0 aliphatic heterocycles. The molecule has 0 saturated heterocycles. The van der Waals surface area contributed by atoms with Crippen molar-refractivity contribution in [1.82, 2.24) is 10.6 Å². The van der Waals surface area contributed by atoms with Gasteiger partial charge in [0.05, 0.1) is 11.0 Å². The van der Waals surface area contributed by atoms with E-state index in [9.17, 15) is 14.9 Å². The summed E-state index contributed by atoms with van der Waals surface area (Å²) in [4.78, 5) is 21.4. The maximum atomic E-state index is 11.3. The van der Waals surface area contributed by atoms with E-state index < -0.39 is 4.92 Å². The van der Waals surface area contributed by atoms with Crippen LogP contribution in [-0.4, -0.2) is 23.9 Å². The summed E-state index contributed by atoms with van der Waals surface area (Å²) >= 11 is 3.27. The number of nitro benzene ring substituents is 1. The van der Waals surface area contributed by atoms with E-state index in [0.717, 1.165) is 5.56 Å². The highest BCUT2D eigenvalue weighted by molar-refractivity contribution is 9.10. The van der Waals surface area contributed by atoms with Crippen LogP contribution in [0.4, 0.5) is 5.69 Å². The molecule has 1 unspecified atom stereocenters. The van der Waals surface area contributed by atoms with Gasteiger partial charge in [0.15, 0.2) is 0 Å². The molecule has 7 heteroatoms. The van der Waals surface area contributed by atoms with Crippen molar-refractivity contribution in [2.75, 3.05) is 7.05 Å². The molecule has 0 bridgehead atoms. The van der Waals surface area contributed by atoms with Crippen molar-refractivity contribution in [2.24, 2.45) is 0 Å². The van der Waals surface area contributed by atoms with Crippen molar-refractivity contribution in [3.8, 4) is 0 Å². The lowest BCUT2D eigenvalue weighted by atomic mass is 10.2. The number of nitrogens with one attached hydrogen (secondary N) is 2. The lowest BCUT2D eigenvalue weighted by Gasteiger charge is -2.12. The Morgan fingerprint density at radius 3 is 2.72 bits per heavy atom. The summed E-state index contributed by atoms with van der Waals surface area (Å²) in [6.45, 7) is 2.20. The van der Waals surface area contributed by atoms with E-state index in [-0.39, 0.29) is 17.6 Å². The van der Waals surface area contributed by atoms with Crippen molar-refractivity contribution >= 4 is 27.5 Å². The Bertz CT molecular complexity index is 465. The normalized spacial score (nSPS) is 11.9. The number of amides is 1. The highest BCUT2D eigenvalue weighted by Gasteiger charge is 2.12. The number of nitrogens with zero attached hydrogens (tertiary/aromatic N) is 1. The molecule has 1 aromatic rings. The maximum Gasteiger partial charge on any atom is 0.270 e. The van der Waals surface area contributed by atoms with Crippen LogP contribution in [-0.2, 0) is 11.3 Å². The van der Waals surface area contributed by atoms with Gasteiger partial charge in [0.25, 0.3) is 5.69 Å². The van der Waals surface area contributed by atoms with Gasteiger partial charge in [-0.05, 0) is 18.6 Å². The van der Waals surface area contributed by atoms with Crippen molar-refractivity contribution < 1.29 is 9.72 Å². The fraction of sp³-hybridized carbons (Fsp3) is 0.364. The van der Waals surface area contributed by atoms with Crippen LogP contribution in [0.1, 0.15) is 12.5 Å². The Labute approximate surface area is 113 Å². The van der Waals surface area contributed by atoms with Gasteiger partial charge in [0.1, 0.15) is 0 Å². The zero-order valence-electron chi connectivity index (χ0n) is 10.1. The molecule has 0 spiro atoms. The standard InChI is InChI=1S/C11H14BrN3O3/c1-7(11(16)13-2)14-6-8-3-4-9(15(17)18)5-10(8)12/h3-5,7,14H,6H2,1-2H3,(H,13,16). The van der Waals surface area contributed by atoms with Gasteiger partial charge >= 0.3 is 0 Å². The number of nitro groups is 1. The molecule has 0 fully saturated rings. The quantitative estimate of drug-likeness (QED) is 0.638. The largest absolute Gasteiger partial charge is 0.358 e. The van der Waals surface area contributed by atoms with E-state index in [1.165, 1.54) is 12.1 Å². The third kappa shape index (κ3) is 3.78. The number of carbonyl (C=O) groups is 1. The van der Waals surface area contributed by atoms with E-state index in [4.69, 9.17) is 0 Å². The molecule has 1 amide bonds. The summed E-state index contributed by atoms with van der Waals surface area (Å²) in [6.07, 6.45) is 0. The highest BCUT2D eigenvalue weighted by Crippen LogP contribution is 2.22. The molecule has 0 radical (unpaired) electrons. The summed E-state index contributed by atoms with van der Waals surface area (Å²) in [5.74, 6) is -0.104. The molecule has 0 aromatic heterocycles. The molecule has 1 rings (SSSR count). The summed E-state index contributed by atoms with van der Waals surface area (Å²) in [7, 11) is 1.57. The second-order valence-corrected chi connectivity index (χ2v) is 4.60. The number of hydrogen-bond acceptors (Lipinski definition) is 4. The molecule has 98 valence electrons. The predicted molar refractivity (Wildman–Crippen MR) is 71.2 cm³/mol. The molecule has 1 atom stereocenters. The molecular weight excluding hydrogens is 302 g/mol. The number of non-ortho nitro benzene ring substituents is 1. The van der Waals surface area contributed by atoms with Crippen molar-refractivity contribution in [3.63, 3.8) is 0 Å². The third-order valence-electron chi connectivity index (χ3n) is 2.49. The average molecular weight is 316 g/mol. The fourth-order valence-electron chi connectivity index (χ4n) is 1.37. The minimum absolute atomic E-state index is 0.0324. The second kappa shape index (κ2) is 6.46. The number of halogens is 1. The summed E-state index contributed by atoms with van der Waals surface area (Å²) in [5.41, 5.74) is 0.890. The molecule has 0 aliphatic rings. The van der Waals surface area contributed by atoms with Crippen LogP contribution in [0.3, 0.4) is 0 Å². The molecule has 0 aliphatic carbocycles. The van der Waals surface area contributed by atoms with E-state index in [1.54, 1.807) is 20.0 Å². The van der Waals surface area contributed by atoms with Gasteiger partial charge in [-0.25, -0.2) is 0 Å². The van der Waals surface area contributed by atoms with Crippen molar-refractivity contribution in [1.29, 1.82) is 0 Å². The highest BCUT2D eigenvalue weighted by atomic mass is 79.9. The molecule has 0 saturated carbocycles. The topological polar surface area (TPSA) is 84.3 Å². The Morgan fingerprint density at radius 1 is 1.56 bits per heavy atom. The lowest BCUT2D eigenvalue weighted by Crippen LogP contribution is -2.40. The van der Waals surface area contributed by atoms with E-state index in [1.807, 2.05) is 0 Å². The molecule has 0 heterocycles. The van der Waals surface area contributed by atoms with Crippen LogP contribution < -0.4 is 10.6 Å². The van der Waals surface area contributed by atoms with Gasteiger partial charge in [-0.3, -0.25) is 14.9 Å². The molecule has 6 nitrogen and oxygen atoms in total. The van der Waals surface area contributed by atoms with Crippen LogP contribution in [0, 0.1) is 10.1 Å². The van der Waals surface area contributed by atoms with Gasteiger partial charge in [-0.2, -0.15) is 0 Å². The Morgan fingerprint density at radius 2 is 2.22 bits per heavy atom. The summed E-state index contributed by atoms with van der Waals surface area (Å²) in [5, 5.41) is 16.1. The van der Waals surface area contributed by atoms with Gasteiger partial charge in [-0.15, -0.1) is 0 Å². The predicted octanol–water partition coefficient (Wildman–Crippen LogP) is 1.58. The minimum atomic E-state index is -0.449. The first-order chi connectivity index (χ1) is 8.45. The third-order valence-corrected chi connectivity index (χ3v) is 3.22. The first-order valence-corrected chi connectivity index (χ1v) is 6.12. The van der Waals surface area contributed by atoms with Crippen molar-refractivity contribution in [2.45, 2.75) is 19.5 Å². The smallest absolute Gasteiger partial charge is 0.270 e. The SMILES string of the molecule is CNC(=O)C(C)NCc1ccc([N+](=O)[O-])cc1Br. The number of rotatable bonds is 5. The Balaban J connectivity index is 2.69. The summed E-state index contributed by atoms with van der Waals surface area (Å²) < 4.78 is 0.647. The number of carbonyl (C=O) groups excluding carboxylic acids is 1. The van der Waals surface area contributed by atoms with Crippen LogP contribution >= 0.6 is 15.9 Å². The first kappa shape index (κ1) is 14.6. The average Bonchev–Trinajstić information content (AvgIpc) is 2.35. The zero-order valence-corrected chi connectivity index (χ0v) is 11.7. The summed E-state index contributed by atoms with van der Waals surface area (Å²) in [6, 6.07) is 4.22. The van der Waals surface area contributed by atoms with E-state index in [0.29, 0.717) is 11.0 Å². The molecule has 1 aromatic carbocycles. The zero-order chi connectivity index (χ0) is 13.7. The van der Waals surface area contributed by atoms with E-state index >= 15 is 0 Å². The molecule has 2 N–H and O–H groups in total. The van der Waals surface area contributed by atoms with Crippen molar-refractivity contribution in [3.05, 3.63) is 38.3 Å². The van der Waals surface area contributed by atoms with Crippen LogP contribution in [0.5, 0.6) is 0 Å². The Kier molecular flexibility index (Phi) is 5.24. The first-order valence-electron chi connectivity index (χ1n) is 5.33. The number of likely N-dealkylation sites (N-methyl/N-ethyl adjacent to an activating group) is 1. The lowest BCUT2D eigenvalue weighted by molar-refractivity contribution is -0.384.